The van der Waals surface area contributed by atoms with Crippen molar-refractivity contribution in [1.82, 2.24) is 14.9 Å². The smallest absolute Gasteiger partial charge is 0.267 e. The Bertz CT molecular complexity index is 1150. The summed E-state index contributed by atoms with van der Waals surface area (Å²) in [5.41, 5.74) is 4.94. The molecule has 7 nitrogen and oxygen atoms in total. The van der Waals surface area contributed by atoms with Gasteiger partial charge in [-0.25, -0.2) is 9.99 Å². The lowest BCUT2D eigenvalue weighted by Gasteiger charge is -2.24. The number of rotatable bonds is 4. The van der Waals surface area contributed by atoms with Crippen LogP contribution in [-0.2, 0) is 23.2 Å². The molecule has 1 aliphatic rings. The van der Waals surface area contributed by atoms with Crippen LogP contribution in [0.1, 0.15) is 29.8 Å². The molecule has 0 radical (unpaired) electrons. The Morgan fingerprint density at radius 2 is 1.93 bits per heavy atom. The molecule has 1 aliphatic heterocycles. The first-order valence-corrected chi connectivity index (χ1v) is 9.60. The summed E-state index contributed by atoms with van der Waals surface area (Å²) in [5.74, 6) is 0.379. The molecule has 0 saturated heterocycles. The van der Waals surface area contributed by atoms with Gasteiger partial charge in [0.15, 0.2) is 0 Å². The standard InChI is InChI=1S/C22H23N5O2/c1-14-8-9-15(2)19(12-14)27-21(28)11-10-17(25-27)22(29)23-13-20-24-16-6-4-5-7-18(16)26(20)3/h4-9,12H,10-11,13H2,1-3H3,(H,23,29). The number of para-hydroxylation sites is 2. The van der Waals surface area contributed by atoms with E-state index >= 15 is 0 Å². The molecule has 7 heteroatoms. The largest absolute Gasteiger partial charge is 0.344 e. The van der Waals surface area contributed by atoms with E-state index in [1.807, 2.05) is 67.9 Å². The number of nitrogens with zero attached hydrogens (tertiary/aromatic N) is 4. The van der Waals surface area contributed by atoms with E-state index in [-0.39, 0.29) is 18.2 Å². The fourth-order valence-corrected chi connectivity index (χ4v) is 3.47. The number of amides is 2. The minimum atomic E-state index is -0.278. The number of nitrogens with one attached hydrogen (secondary N) is 1. The molecule has 0 unspecified atom stereocenters. The topological polar surface area (TPSA) is 79.6 Å². The maximum absolute atomic E-state index is 12.7. The molecule has 1 aromatic heterocycles. The summed E-state index contributed by atoms with van der Waals surface area (Å²) in [6.07, 6.45) is 0.584. The molecule has 0 bridgehead atoms. The number of carbonyl (C=O) groups excluding carboxylic acids is 2. The van der Waals surface area contributed by atoms with Gasteiger partial charge < -0.3 is 9.88 Å². The molecule has 2 aromatic carbocycles. The first-order chi connectivity index (χ1) is 13.9. The van der Waals surface area contributed by atoms with Crippen LogP contribution < -0.4 is 10.3 Å². The lowest BCUT2D eigenvalue weighted by atomic mass is 10.1. The van der Waals surface area contributed by atoms with Gasteiger partial charge in [0.05, 0.1) is 23.3 Å². The molecule has 148 valence electrons. The van der Waals surface area contributed by atoms with Crippen LogP contribution >= 0.6 is 0 Å². The van der Waals surface area contributed by atoms with E-state index in [9.17, 15) is 9.59 Å². The van der Waals surface area contributed by atoms with Crippen LogP contribution in [0, 0.1) is 13.8 Å². The van der Waals surface area contributed by atoms with E-state index in [1.54, 1.807) is 0 Å². The molecule has 2 amide bonds. The SMILES string of the molecule is Cc1ccc(C)c(N2N=C(C(=O)NCc3nc4ccccc4n3C)CCC2=O)c1. The van der Waals surface area contributed by atoms with Crippen LogP contribution in [0.25, 0.3) is 11.0 Å². The van der Waals surface area contributed by atoms with Crippen molar-refractivity contribution < 1.29 is 9.59 Å². The number of aromatic nitrogens is 2. The second kappa shape index (κ2) is 7.50. The highest BCUT2D eigenvalue weighted by atomic mass is 16.2. The molecule has 0 fully saturated rings. The summed E-state index contributed by atoms with van der Waals surface area (Å²) in [6.45, 7) is 4.18. The van der Waals surface area contributed by atoms with Gasteiger partial charge >= 0.3 is 0 Å². The lowest BCUT2D eigenvalue weighted by molar-refractivity contribution is -0.119. The van der Waals surface area contributed by atoms with E-state index in [1.165, 1.54) is 5.01 Å². The summed E-state index contributed by atoms with van der Waals surface area (Å²) in [6, 6.07) is 13.7. The Labute approximate surface area is 169 Å². The Kier molecular flexibility index (Phi) is 4.88. The highest BCUT2D eigenvalue weighted by molar-refractivity contribution is 6.40. The zero-order chi connectivity index (χ0) is 20.5. The number of hydrogen-bond acceptors (Lipinski definition) is 4. The lowest BCUT2D eigenvalue weighted by Crippen LogP contribution is -2.39. The van der Waals surface area contributed by atoms with E-state index in [2.05, 4.69) is 15.4 Å². The highest BCUT2D eigenvalue weighted by Crippen LogP contribution is 2.25. The van der Waals surface area contributed by atoms with E-state index in [0.29, 0.717) is 18.7 Å². The summed E-state index contributed by atoms with van der Waals surface area (Å²) < 4.78 is 1.96. The van der Waals surface area contributed by atoms with Gasteiger partial charge in [-0.2, -0.15) is 5.10 Å². The molecule has 2 heterocycles. The van der Waals surface area contributed by atoms with Crippen molar-refractivity contribution in [3.05, 3.63) is 59.4 Å². The van der Waals surface area contributed by atoms with Gasteiger partial charge in [-0.05, 0) is 43.2 Å². The summed E-state index contributed by atoms with van der Waals surface area (Å²) in [7, 11) is 1.93. The predicted molar refractivity (Wildman–Crippen MR) is 113 cm³/mol. The van der Waals surface area contributed by atoms with Gasteiger partial charge in [0, 0.05) is 19.9 Å². The first kappa shape index (κ1) is 18.9. The molecular formula is C22H23N5O2. The fourth-order valence-electron chi connectivity index (χ4n) is 3.47. The number of fused-ring (bicyclic) bond motifs is 1. The van der Waals surface area contributed by atoms with Crippen LogP contribution in [0.4, 0.5) is 5.69 Å². The first-order valence-electron chi connectivity index (χ1n) is 9.60. The second-order valence-electron chi connectivity index (χ2n) is 7.30. The zero-order valence-corrected chi connectivity index (χ0v) is 16.8. The van der Waals surface area contributed by atoms with Crippen molar-refractivity contribution in [1.29, 1.82) is 0 Å². The molecule has 29 heavy (non-hydrogen) atoms. The molecule has 0 atom stereocenters. The normalized spacial score (nSPS) is 14.2. The number of anilines is 1. The number of carbonyl (C=O) groups is 2. The van der Waals surface area contributed by atoms with Gasteiger partial charge in [0.2, 0.25) is 5.91 Å². The molecule has 0 aliphatic carbocycles. The van der Waals surface area contributed by atoms with E-state index < -0.39 is 0 Å². The van der Waals surface area contributed by atoms with Gasteiger partial charge in [-0.15, -0.1) is 0 Å². The number of aryl methyl sites for hydroxylation is 3. The molecule has 1 N–H and O–H groups in total. The number of hydrogen-bond donors (Lipinski definition) is 1. The van der Waals surface area contributed by atoms with Crippen molar-refractivity contribution in [3.8, 4) is 0 Å². The van der Waals surface area contributed by atoms with Crippen LogP contribution in [-0.4, -0.2) is 27.1 Å². The summed E-state index contributed by atoms with van der Waals surface area (Å²) in [4.78, 5) is 29.7. The predicted octanol–water partition coefficient (Wildman–Crippen LogP) is 2.99. The van der Waals surface area contributed by atoms with Gasteiger partial charge in [-0.3, -0.25) is 9.59 Å². The second-order valence-corrected chi connectivity index (χ2v) is 7.30. The zero-order valence-electron chi connectivity index (χ0n) is 16.8. The van der Waals surface area contributed by atoms with Gasteiger partial charge in [0.25, 0.3) is 5.91 Å². The fraction of sp³-hybridized carbons (Fsp3) is 0.273. The third-order valence-electron chi connectivity index (χ3n) is 5.17. The monoisotopic (exact) mass is 389 g/mol. The van der Waals surface area contributed by atoms with E-state index in [4.69, 9.17) is 0 Å². The molecule has 4 rings (SSSR count). The number of benzene rings is 2. The van der Waals surface area contributed by atoms with Crippen molar-refractivity contribution in [2.45, 2.75) is 33.2 Å². The number of hydrazone groups is 1. The third kappa shape index (κ3) is 3.63. The minimum absolute atomic E-state index is 0.106. The van der Waals surface area contributed by atoms with Crippen LogP contribution in [0.2, 0.25) is 0 Å². The summed E-state index contributed by atoms with van der Waals surface area (Å²) in [5, 5.41) is 8.62. The maximum Gasteiger partial charge on any atom is 0.267 e. The molecular weight excluding hydrogens is 366 g/mol. The Morgan fingerprint density at radius 3 is 2.72 bits per heavy atom. The van der Waals surface area contributed by atoms with Crippen molar-refractivity contribution in [2.75, 3.05) is 5.01 Å². The highest BCUT2D eigenvalue weighted by Gasteiger charge is 2.26. The number of imidazole rings is 1. The minimum Gasteiger partial charge on any atom is -0.344 e. The molecule has 0 spiro atoms. The quantitative estimate of drug-likeness (QED) is 0.745. The van der Waals surface area contributed by atoms with Crippen LogP contribution in [0.15, 0.2) is 47.6 Å². The molecule has 0 saturated carbocycles. The van der Waals surface area contributed by atoms with Gasteiger partial charge in [-0.1, -0.05) is 24.3 Å². The maximum atomic E-state index is 12.7. The Morgan fingerprint density at radius 1 is 1.14 bits per heavy atom. The van der Waals surface area contributed by atoms with Gasteiger partial charge in [0.1, 0.15) is 11.5 Å². The average Bonchev–Trinajstić information content (AvgIpc) is 3.04. The average molecular weight is 389 g/mol. The van der Waals surface area contributed by atoms with Crippen LogP contribution in [0.3, 0.4) is 0 Å². The van der Waals surface area contributed by atoms with Crippen LogP contribution in [0.5, 0.6) is 0 Å². The molecule has 3 aromatic rings. The Balaban J connectivity index is 1.54. The van der Waals surface area contributed by atoms with E-state index in [0.717, 1.165) is 33.7 Å². The van der Waals surface area contributed by atoms with Crippen molar-refractivity contribution in [2.24, 2.45) is 12.1 Å². The third-order valence-corrected chi connectivity index (χ3v) is 5.17. The Hall–Kier alpha value is -3.48. The van der Waals surface area contributed by atoms with Crippen molar-refractivity contribution >= 4 is 34.2 Å². The summed E-state index contributed by atoms with van der Waals surface area (Å²) >= 11 is 0. The van der Waals surface area contributed by atoms with Crippen molar-refractivity contribution in [3.63, 3.8) is 0 Å².